The Morgan fingerprint density at radius 1 is 1.25 bits per heavy atom. The second-order valence-corrected chi connectivity index (χ2v) is 4.00. The monoisotopic (exact) mass is 282 g/mol. The molecule has 0 aliphatic heterocycles. The molecule has 0 saturated carbocycles. The van der Waals surface area contributed by atoms with Crippen LogP contribution in [0.15, 0.2) is 45.6 Å². The molecule has 20 heavy (non-hydrogen) atoms. The lowest BCUT2D eigenvalue weighted by Crippen LogP contribution is -2.12. The van der Waals surface area contributed by atoms with Crippen LogP contribution in [-0.2, 0) is 13.2 Å². The normalized spacial score (nSPS) is 10.8. The lowest BCUT2D eigenvalue weighted by Gasteiger charge is -2.10. The summed E-state index contributed by atoms with van der Waals surface area (Å²) in [4.78, 5) is 11.7. The summed E-state index contributed by atoms with van der Waals surface area (Å²) in [5.74, 6) is -1.34. The minimum Gasteiger partial charge on any atom is -0.482 e. The molecule has 0 fully saturated rings. The highest BCUT2D eigenvalue weighted by Crippen LogP contribution is 2.23. The molecule has 106 valence electrons. The number of hydrogen-bond acceptors (Lipinski definition) is 4. The average molecular weight is 282 g/mol. The van der Waals surface area contributed by atoms with E-state index in [1.165, 1.54) is 0 Å². The lowest BCUT2D eigenvalue weighted by atomic mass is 10.2. The lowest BCUT2D eigenvalue weighted by molar-refractivity contribution is 0.109. The highest BCUT2D eigenvalue weighted by atomic mass is 19.3. The van der Waals surface area contributed by atoms with Gasteiger partial charge >= 0.3 is 0 Å². The van der Waals surface area contributed by atoms with Crippen LogP contribution >= 0.6 is 0 Å². The van der Waals surface area contributed by atoms with E-state index in [2.05, 4.69) is 0 Å². The fourth-order valence-electron chi connectivity index (χ4n) is 1.64. The van der Waals surface area contributed by atoms with Crippen LogP contribution in [0.5, 0.6) is 5.75 Å². The first-order valence-electron chi connectivity index (χ1n) is 5.84. The summed E-state index contributed by atoms with van der Waals surface area (Å²) in [6, 6.07) is 9.67. The molecule has 1 N–H and O–H groups in total. The first-order chi connectivity index (χ1) is 9.61. The van der Waals surface area contributed by atoms with Crippen molar-refractivity contribution in [2.24, 2.45) is 0 Å². The Hall–Kier alpha value is -2.21. The largest absolute Gasteiger partial charge is 0.482 e. The summed E-state index contributed by atoms with van der Waals surface area (Å²) in [5, 5.41) is 9.09. The number of ether oxygens (including phenoxy) is 1. The zero-order valence-electron chi connectivity index (χ0n) is 10.4. The second-order valence-electron chi connectivity index (χ2n) is 4.00. The summed E-state index contributed by atoms with van der Waals surface area (Å²) in [6.07, 6.45) is -2.92. The fourth-order valence-corrected chi connectivity index (χ4v) is 1.64. The predicted octanol–water partition coefficient (Wildman–Crippen LogP) is 2.65. The zero-order chi connectivity index (χ0) is 14.5. The molecule has 0 atom stereocenters. The molecule has 2 aromatic rings. The molecule has 0 aliphatic carbocycles. The molecule has 0 aliphatic rings. The third-order valence-electron chi connectivity index (χ3n) is 2.58. The van der Waals surface area contributed by atoms with Crippen LogP contribution in [0.4, 0.5) is 8.78 Å². The van der Waals surface area contributed by atoms with E-state index in [0.717, 1.165) is 5.56 Å². The number of halogens is 2. The van der Waals surface area contributed by atoms with Gasteiger partial charge in [-0.25, -0.2) is 8.78 Å². The molecule has 4 nitrogen and oxygen atoms in total. The van der Waals surface area contributed by atoms with Gasteiger partial charge in [-0.3, -0.25) is 4.79 Å². The molecule has 0 unspecified atom stereocenters. The number of rotatable bonds is 5. The van der Waals surface area contributed by atoms with Gasteiger partial charge in [0.1, 0.15) is 13.2 Å². The van der Waals surface area contributed by atoms with Crippen molar-refractivity contribution in [2.45, 2.75) is 19.6 Å². The van der Waals surface area contributed by atoms with Crippen molar-refractivity contribution < 1.29 is 23.0 Å². The van der Waals surface area contributed by atoms with Crippen LogP contribution in [0.1, 0.15) is 23.5 Å². The Labute approximate surface area is 113 Å². The number of aliphatic hydroxyl groups is 1. The molecule has 2 rings (SSSR count). The quantitative estimate of drug-likeness (QED) is 0.915. The minimum atomic E-state index is -2.92. The van der Waals surface area contributed by atoms with E-state index in [0.29, 0.717) is 6.07 Å². The molecule has 1 heterocycles. The summed E-state index contributed by atoms with van der Waals surface area (Å²) in [5.41, 5.74) is 0.0558. The maximum atomic E-state index is 12.5. The van der Waals surface area contributed by atoms with Crippen molar-refractivity contribution in [1.82, 2.24) is 0 Å². The highest BCUT2D eigenvalue weighted by Gasteiger charge is 2.18. The van der Waals surface area contributed by atoms with Gasteiger partial charge in [-0.05, 0) is 5.56 Å². The van der Waals surface area contributed by atoms with Gasteiger partial charge < -0.3 is 14.3 Å². The SMILES string of the molecule is O=c1cc(C(F)F)oc(CO)c1OCc1ccccc1. The smallest absolute Gasteiger partial charge is 0.295 e. The van der Waals surface area contributed by atoms with E-state index in [1.54, 1.807) is 24.3 Å². The summed E-state index contributed by atoms with van der Waals surface area (Å²) in [6.45, 7) is -0.619. The van der Waals surface area contributed by atoms with Crippen molar-refractivity contribution in [1.29, 1.82) is 0 Å². The van der Waals surface area contributed by atoms with Crippen LogP contribution < -0.4 is 10.2 Å². The Morgan fingerprint density at radius 2 is 1.95 bits per heavy atom. The average Bonchev–Trinajstić information content (AvgIpc) is 2.46. The van der Waals surface area contributed by atoms with Crippen LogP contribution in [0.2, 0.25) is 0 Å². The summed E-state index contributed by atoms with van der Waals surface area (Å²) in [7, 11) is 0. The number of benzene rings is 1. The third kappa shape index (κ3) is 3.21. The third-order valence-corrected chi connectivity index (χ3v) is 2.58. The Morgan fingerprint density at radius 3 is 2.55 bits per heavy atom. The van der Waals surface area contributed by atoms with Crippen molar-refractivity contribution in [2.75, 3.05) is 0 Å². The van der Waals surface area contributed by atoms with Crippen LogP contribution in [0.25, 0.3) is 0 Å². The molecule has 0 bridgehead atoms. The van der Waals surface area contributed by atoms with Crippen molar-refractivity contribution >= 4 is 0 Å². The standard InChI is InChI=1S/C14H12F2O4/c15-14(16)11-6-10(18)13(12(7-17)20-11)19-8-9-4-2-1-3-5-9/h1-6,14,17H,7-8H2. The number of alkyl halides is 2. The maximum absolute atomic E-state index is 12.5. The van der Waals surface area contributed by atoms with Gasteiger partial charge in [0, 0.05) is 6.07 Å². The van der Waals surface area contributed by atoms with E-state index in [9.17, 15) is 13.6 Å². The first-order valence-corrected chi connectivity index (χ1v) is 5.84. The van der Waals surface area contributed by atoms with Gasteiger partial charge in [0.2, 0.25) is 11.2 Å². The molecule has 0 amide bonds. The van der Waals surface area contributed by atoms with Crippen LogP contribution in [-0.4, -0.2) is 5.11 Å². The van der Waals surface area contributed by atoms with Gasteiger partial charge in [0.15, 0.2) is 11.5 Å². The van der Waals surface area contributed by atoms with Crippen molar-refractivity contribution in [3.8, 4) is 5.75 Å². The van der Waals surface area contributed by atoms with E-state index < -0.39 is 24.2 Å². The molecule has 6 heteroatoms. The maximum Gasteiger partial charge on any atom is 0.295 e. The number of hydrogen-bond donors (Lipinski definition) is 1. The van der Waals surface area contributed by atoms with E-state index in [-0.39, 0.29) is 18.1 Å². The summed E-state index contributed by atoms with van der Waals surface area (Å²) >= 11 is 0. The van der Waals surface area contributed by atoms with Crippen LogP contribution in [0, 0.1) is 0 Å². The van der Waals surface area contributed by atoms with Gasteiger partial charge in [0.25, 0.3) is 6.43 Å². The zero-order valence-corrected chi connectivity index (χ0v) is 10.4. The fraction of sp³-hybridized carbons (Fsp3) is 0.214. The molecule has 1 aromatic heterocycles. The van der Waals surface area contributed by atoms with Gasteiger partial charge in [-0.1, -0.05) is 30.3 Å². The molecular formula is C14H12F2O4. The van der Waals surface area contributed by atoms with Crippen LogP contribution in [0.3, 0.4) is 0 Å². The highest BCUT2D eigenvalue weighted by molar-refractivity contribution is 5.27. The van der Waals surface area contributed by atoms with E-state index in [4.69, 9.17) is 14.3 Å². The van der Waals surface area contributed by atoms with Crippen molar-refractivity contribution in [3.63, 3.8) is 0 Å². The summed E-state index contributed by atoms with van der Waals surface area (Å²) < 4.78 is 35.0. The Kier molecular flexibility index (Phi) is 4.47. The minimum absolute atomic E-state index is 0.0760. The molecule has 0 spiro atoms. The molecule has 1 aromatic carbocycles. The van der Waals surface area contributed by atoms with E-state index >= 15 is 0 Å². The van der Waals surface area contributed by atoms with Gasteiger partial charge in [-0.2, -0.15) is 0 Å². The molecule has 0 radical (unpaired) electrons. The van der Waals surface area contributed by atoms with Crippen molar-refractivity contribution in [3.05, 3.63) is 63.7 Å². The second kappa shape index (κ2) is 6.29. The van der Waals surface area contributed by atoms with Gasteiger partial charge in [0.05, 0.1) is 0 Å². The molecular weight excluding hydrogens is 270 g/mol. The van der Waals surface area contributed by atoms with E-state index in [1.807, 2.05) is 6.07 Å². The Bertz CT molecular complexity index is 623. The molecule has 0 saturated heterocycles. The number of aliphatic hydroxyl groups excluding tert-OH is 1. The Balaban J connectivity index is 2.25. The van der Waals surface area contributed by atoms with Gasteiger partial charge in [-0.15, -0.1) is 0 Å². The predicted molar refractivity (Wildman–Crippen MR) is 66.6 cm³/mol. The topological polar surface area (TPSA) is 59.7 Å². The first kappa shape index (κ1) is 14.2.